The summed E-state index contributed by atoms with van der Waals surface area (Å²) in [5, 5.41) is 0. The highest BCUT2D eigenvalue weighted by molar-refractivity contribution is 5.94. The van der Waals surface area contributed by atoms with Crippen molar-refractivity contribution in [3.05, 3.63) is 53.1 Å². The van der Waals surface area contributed by atoms with E-state index in [1.165, 1.54) is 5.56 Å². The van der Waals surface area contributed by atoms with E-state index in [0.717, 1.165) is 30.0 Å². The molecule has 0 saturated heterocycles. The molecule has 1 aliphatic rings. The smallest absolute Gasteiger partial charge is 0.254 e. The van der Waals surface area contributed by atoms with Gasteiger partial charge in [0.2, 0.25) is 0 Å². The van der Waals surface area contributed by atoms with Crippen molar-refractivity contribution >= 4 is 5.91 Å². The summed E-state index contributed by atoms with van der Waals surface area (Å²) in [6.07, 6.45) is 3.76. The first-order chi connectivity index (χ1) is 9.15. The van der Waals surface area contributed by atoms with Gasteiger partial charge in [-0.1, -0.05) is 6.07 Å². The molecule has 4 heteroatoms. The molecule has 0 spiro atoms. The van der Waals surface area contributed by atoms with Crippen LogP contribution in [0.5, 0.6) is 0 Å². The molecule has 2 heterocycles. The van der Waals surface area contributed by atoms with Gasteiger partial charge in [0.05, 0.1) is 6.54 Å². The normalized spacial score (nSPS) is 14.3. The maximum Gasteiger partial charge on any atom is 0.254 e. The van der Waals surface area contributed by atoms with Gasteiger partial charge < -0.3 is 9.47 Å². The van der Waals surface area contributed by atoms with Crippen LogP contribution in [0.2, 0.25) is 0 Å². The summed E-state index contributed by atoms with van der Waals surface area (Å²) in [5.74, 6) is 1.06. The van der Waals surface area contributed by atoms with Crippen molar-refractivity contribution in [1.29, 1.82) is 0 Å². The quantitative estimate of drug-likeness (QED) is 0.783. The molecule has 4 nitrogen and oxygen atoms in total. The molecule has 0 radical (unpaired) electrons. The molecule has 0 fully saturated rings. The molecule has 98 valence electrons. The van der Waals surface area contributed by atoms with Crippen LogP contribution in [0.3, 0.4) is 0 Å². The van der Waals surface area contributed by atoms with E-state index < -0.39 is 0 Å². The Morgan fingerprint density at radius 3 is 2.84 bits per heavy atom. The second-order valence-electron chi connectivity index (χ2n) is 5.06. The molecule has 3 rings (SSSR count). The Balaban J connectivity index is 1.83. The van der Waals surface area contributed by atoms with Crippen LogP contribution in [0.15, 0.2) is 30.6 Å². The van der Waals surface area contributed by atoms with Gasteiger partial charge in [0.25, 0.3) is 5.91 Å². The van der Waals surface area contributed by atoms with Gasteiger partial charge in [-0.2, -0.15) is 0 Å². The van der Waals surface area contributed by atoms with E-state index in [2.05, 4.69) is 16.5 Å². The highest BCUT2D eigenvalue weighted by Crippen LogP contribution is 2.16. The number of benzene rings is 1. The zero-order valence-corrected chi connectivity index (χ0v) is 11.3. The number of hydrogen-bond acceptors (Lipinski definition) is 2. The summed E-state index contributed by atoms with van der Waals surface area (Å²) >= 11 is 0. The lowest BCUT2D eigenvalue weighted by Gasteiger charge is -2.27. The molecule has 0 bridgehead atoms. The highest BCUT2D eigenvalue weighted by Gasteiger charge is 2.22. The molecule has 0 N–H and O–H groups in total. The van der Waals surface area contributed by atoms with E-state index >= 15 is 0 Å². The molecular weight excluding hydrogens is 238 g/mol. The Bertz CT molecular complexity index is 630. The highest BCUT2D eigenvalue weighted by atomic mass is 16.2. The van der Waals surface area contributed by atoms with Gasteiger partial charge in [-0.05, 0) is 37.1 Å². The Kier molecular flexibility index (Phi) is 2.85. The fraction of sp³-hybridized carbons (Fsp3) is 0.333. The maximum absolute atomic E-state index is 12.5. The second kappa shape index (κ2) is 4.53. The Labute approximate surface area is 112 Å². The number of hydrogen-bond donors (Lipinski definition) is 0. The minimum atomic E-state index is 0.0948. The predicted octanol–water partition coefficient (Wildman–Crippen LogP) is 2.16. The van der Waals surface area contributed by atoms with Crippen LogP contribution in [0.1, 0.15) is 27.3 Å². The molecule has 0 aliphatic carbocycles. The van der Waals surface area contributed by atoms with Crippen LogP contribution in [-0.4, -0.2) is 26.9 Å². The van der Waals surface area contributed by atoms with E-state index in [0.29, 0.717) is 6.54 Å². The van der Waals surface area contributed by atoms with E-state index in [1.54, 1.807) is 6.20 Å². The minimum Gasteiger partial charge on any atom is -0.332 e. The molecule has 1 aromatic carbocycles. The second-order valence-corrected chi connectivity index (χ2v) is 5.06. The van der Waals surface area contributed by atoms with E-state index in [-0.39, 0.29) is 5.91 Å². The maximum atomic E-state index is 12.5. The zero-order chi connectivity index (χ0) is 13.4. The fourth-order valence-corrected chi connectivity index (χ4v) is 2.40. The zero-order valence-electron chi connectivity index (χ0n) is 11.3. The average Bonchev–Trinajstić information content (AvgIpc) is 2.88. The average molecular weight is 255 g/mol. The van der Waals surface area contributed by atoms with E-state index in [4.69, 9.17) is 0 Å². The van der Waals surface area contributed by atoms with Crippen molar-refractivity contribution in [1.82, 2.24) is 14.5 Å². The molecule has 0 saturated carbocycles. The number of aryl methyl sites for hydroxylation is 2. The summed E-state index contributed by atoms with van der Waals surface area (Å²) in [5.41, 5.74) is 3.14. The number of fused-ring (bicyclic) bond motifs is 1. The number of amides is 1. The van der Waals surface area contributed by atoms with Gasteiger partial charge >= 0.3 is 0 Å². The van der Waals surface area contributed by atoms with Crippen molar-refractivity contribution in [2.45, 2.75) is 26.9 Å². The number of carbonyl (C=O) groups excluding carboxylic acids is 1. The van der Waals surface area contributed by atoms with Crippen molar-refractivity contribution in [2.75, 3.05) is 6.54 Å². The molecular formula is C15H17N3O. The van der Waals surface area contributed by atoms with Gasteiger partial charge in [-0.25, -0.2) is 4.98 Å². The van der Waals surface area contributed by atoms with Crippen LogP contribution < -0.4 is 0 Å². The summed E-state index contributed by atoms with van der Waals surface area (Å²) in [6.45, 7) is 6.26. The molecule has 1 aromatic heterocycles. The van der Waals surface area contributed by atoms with E-state index in [1.807, 2.05) is 36.2 Å². The Morgan fingerprint density at radius 1 is 1.21 bits per heavy atom. The first-order valence-electron chi connectivity index (χ1n) is 6.51. The van der Waals surface area contributed by atoms with Gasteiger partial charge in [0.15, 0.2) is 0 Å². The molecule has 1 amide bonds. The Hall–Kier alpha value is -2.10. The number of aromatic nitrogens is 2. The van der Waals surface area contributed by atoms with Crippen LogP contribution in [-0.2, 0) is 13.1 Å². The van der Waals surface area contributed by atoms with Crippen molar-refractivity contribution in [2.24, 2.45) is 0 Å². The number of imidazole rings is 1. The first-order valence-corrected chi connectivity index (χ1v) is 6.51. The van der Waals surface area contributed by atoms with Gasteiger partial charge in [-0.15, -0.1) is 0 Å². The van der Waals surface area contributed by atoms with Crippen LogP contribution in [0, 0.1) is 13.8 Å². The summed E-state index contributed by atoms with van der Waals surface area (Å²) in [6, 6.07) is 5.89. The largest absolute Gasteiger partial charge is 0.332 e. The van der Waals surface area contributed by atoms with Gasteiger partial charge in [-0.3, -0.25) is 4.79 Å². The Morgan fingerprint density at radius 2 is 2.05 bits per heavy atom. The minimum absolute atomic E-state index is 0.0948. The predicted molar refractivity (Wildman–Crippen MR) is 72.9 cm³/mol. The number of carbonyl (C=O) groups is 1. The lowest BCUT2D eigenvalue weighted by Crippen LogP contribution is -2.38. The molecule has 2 aromatic rings. The van der Waals surface area contributed by atoms with Crippen LogP contribution in [0.4, 0.5) is 0 Å². The van der Waals surface area contributed by atoms with Gasteiger partial charge in [0.1, 0.15) is 5.82 Å². The summed E-state index contributed by atoms with van der Waals surface area (Å²) < 4.78 is 2.10. The summed E-state index contributed by atoms with van der Waals surface area (Å²) in [4.78, 5) is 18.6. The van der Waals surface area contributed by atoms with E-state index in [9.17, 15) is 4.79 Å². The number of rotatable bonds is 1. The lowest BCUT2D eigenvalue weighted by molar-refractivity contribution is 0.0707. The van der Waals surface area contributed by atoms with Crippen molar-refractivity contribution in [3.63, 3.8) is 0 Å². The summed E-state index contributed by atoms with van der Waals surface area (Å²) in [7, 11) is 0. The number of nitrogens with zero attached hydrogens (tertiary/aromatic N) is 3. The standard InChI is InChI=1S/C15H17N3O/c1-11-3-4-13(9-12(11)2)15(19)18-8-7-17-6-5-16-14(17)10-18/h3-6,9H,7-8,10H2,1-2H3. The topological polar surface area (TPSA) is 38.1 Å². The molecule has 1 aliphatic heterocycles. The monoisotopic (exact) mass is 255 g/mol. The van der Waals surface area contributed by atoms with Crippen molar-refractivity contribution < 1.29 is 4.79 Å². The molecule has 0 atom stereocenters. The fourth-order valence-electron chi connectivity index (χ4n) is 2.40. The first kappa shape index (κ1) is 12.0. The van der Waals surface area contributed by atoms with Gasteiger partial charge in [0, 0.05) is 31.0 Å². The third-order valence-electron chi connectivity index (χ3n) is 3.79. The third-order valence-corrected chi connectivity index (χ3v) is 3.79. The molecule has 0 unspecified atom stereocenters. The van der Waals surface area contributed by atoms with Crippen molar-refractivity contribution in [3.8, 4) is 0 Å². The SMILES string of the molecule is Cc1ccc(C(=O)N2CCn3ccnc3C2)cc1C. The molecule has 19 heavy (non-hydrogen) atoms. The van der Waals surface area contributed by atoms with Crippen LogP contribution in [0.25, 0.3) is 0 Å². The third kappa shape index (κ3) is 2.14. The lowest BCUT2D eigenvalue weighted by atomic mass is 10.1. The van der Waals surface area contributed by atoms with Crippen LogP contribution >= 0.6 is 0 Å².